The molecule has 0 spiro atoms. The van der Waals surface area contributed by atoms with Crippen molar-refractivity contribution in [3.05, 3.63) is 28.8 Å². The summed E-state index contributed by atoms with van der Waals surface area (Å²) in [4.78, 5) is 0. The van der Waals surface area contributed by atoms with Gasteiger partial charge >= 0.3 is 0 Å². The van der Waals surface area contributed by atoms with E-state index in [0.717, 1.165) is 5.75 Å². The number of aliphatic hydroxyl groups excluding tert-OH is 1. The molecule has 0 aromatic heterocycles. The van der Waals surface area contributed by atoms with Crippen molar-refractivity contribution in [2.24, 2.45) is 0 Å². The third kappa shape index (κ3) is 3.28. The second kappa shape index (κ2) is 5.93. The maximum absolute atomic E-state index is 9.64. The lowest BCUT2D eigenvalue weighted by Gasteiger charge is -2.22. The molecule has 0 heterocycles. The van der Waals surface area contributed by atoms with Crippen LogP contribution in [0.4, 0.5) is 0 Å². The van der Waals surface area contributed by atoms with Gasteiger partial charge in [-0.25, -0.2) is 0 Å². The van der Waals surface area contributed by atoms with Gasteiger partial charge in [0.1, 0.15) is 5.75 Å². The van der Waals surface area contributed by atoms with Crippen LogP contribution in [-0.4, -0.2) is 24.9 Å². The first-order valence-electron chi connectivity index (χ1n) is 7.12. The molecule has 0 aliphatic heterocycles. The highest BCUT2D eigenvalue weighted by Gasteiger charge is 2.26. The second-order valence-corrected chi connectivity index (χ2v) is 5.78. The molecule has 3 nitrogen and oxygen atoms in total. The number of benzene rings is 1. The van der Waals surface area contributed by atoms with Crippen molar-refractivity contribution in [2.45, 2.75) is 51.6 Å². The number of hydrogen-bond acceptors (Lipinski definition) is 3. The smallest absolute Gasteiger partial charge is 0.122 e. The van der Waals surface area contributed by atoms with Gasteiger partial charge in [0.25, 0.3) is 0 Å². The zero-order valence-electron chi connectivity index (χ0n) is 12.4. The molecule has 0 bridgehead atoms. The van der Waals surface area contributed by atoms with E-state index in [1.165, 1.54) is 29.5 Å². The molecule has 106 valence electrons. The molecule has 1 fully saturated rings. The molecule has 2 rings (SSSR count). The molecule has 0 radical (unpaired) electrons. The van der Waals surface area contributed by atoms with E-state index < -0.39 is 0 Å². The number of nitrogens with one attached hydrogen (secondary N) is 1. The minimum atomic E-state index is 0.0379. The van der Waals surface area contributed by atoms with Gasteiger partial charge in [0.15, 0.2) is 0 Å². The van der Waals surface area contributed by atoms with Crippen LogP contribution in [0.1, 0.15) is 55.3 Å². The van der Waals surface area contributed by atoms with Crippen LogP contribution in [0.3, 0.4) is 0 Å². The van der Waals surface area contributed by atoms with Crippen LogP contribution >= 0.6 is 0 Å². The van der Waals surface area contributed by atoms with Gasteiger partial charge in [0.05, 0.1) is 19.8 Å². The van der Waals surface area contributed by atoms with E-state index in [1.54, 1.807) is 7.11 Å². The van der Waals surface area contributed by atoms with Gasteiger partial charge in [-0.1, -0.05) is 13.8 Å². The van der Waals surface area contributed by atoms with Gasteiger partial charge in [-0.2, -0.15) is 0 Å². The Morgan fingerprint density at radius 2 is 2.00 bits per heavy atom. The van der Waals surface area contributed by atoms with E-state index in [2.05, 4.69) is 38.2 Å². The zero-order chi connectivity index (χ0) is 14.0. The summed E-state index contributed by atoms with van der Waals surface area (Å²) in [5.41, 5.74) is 3.58. The monoisotopic (exact) mass is 263 g/mol. The number of rotatable bonds is 6. The van der Waals surface area contributed by atoms with E-state index in [9.17, 15) is 5.11 Å². The van der Waals surface area contributed by atoms with E-state index in [1.807, 2.05) is 0 Å². The van der Waals surface area contributed by atoms with Gasteiger partial charge in [-0.15, -0.1) is 0 Å². The molecule has 19 heavy (non-hydrogen) atoms. The third-order valence-corrected chi connectivity index (χ3v) is 3.81. The largest absolute Gasteiger partial charge is 0.496 e. The lowest BCUT2D eigenvalue weighted by atomic mass is 9.93. The van der Waals surface area contributed by atoms with Crippen LogP contribution in [-0.2, 0) is 0 Å². The molecule has 1 unspecified atom stereocenters. The molecule has 0 amide bonds. The lowest BCUT2D eigenvalue weighted by Crippen LogP contribution is -2.27. The van der Waals surface area contributed by atoms with Crippen LogP contribution in [0.5, 0.6) is 5.75 Å². The quantitative estimate of drug-likeness (QED) is 0.829. The molecule has 1 aliphatic rings. The number of aryl methyl sites for hydroxylation is 1. The molecular formula is C16H25NO2. The standard InChI is InChI=1S/C16H25NO2/c1-10(2)13-8-14(11(3)7-16(13)19-4)15(9-18)17-12-5-6-12/h7-8,10,12,15,17-18H,5-6,9H2,1-4H3. The van der Waals surface area contributed by atoms with Gasteiger partial charge < -0.3 is 15.2 Å². The third-order valence-electron chi connectivity index (χ3n) is 3.81. The summed E-state index contributed by atoms with van der Waals surface area (Å²) >= 11 is 0. The predicted octanol–water partition coefficient (Wildman–Crippen LogP) is 2.91. The van der Waals surface area contributed by atoms with E-state index in [-0.39, 0.29) is 12.6 Å². The van der Waals surface area contributed by atoms with Gasteiger partial charge in [0, 0.05) is 6.04 Å². The van der Waals surface area contributed by atoms with Crippen LogP contribution in [0, 0.1) is 6.92 Å². The zero-order valence-corrected chi connectivity index (χ0v) is 12.4. The van der Waals surface area contributed by atoms with Crippen LogP contribution in [0.25, 0.3) is 0 Å². The summed E-state index contributed by atoms with van der Waals surface area (Å²) in [6.45, 7) is 6.55. The van der Waals surface area contributed by atoms with E-state index in [4.69, 9.17) is 4.74 Å². The Kier molecular flexibility index (Phi) is 4.48. The fourth-order valence-corrected chi connectivity index (χ4v) is 2.49. The van der Waals surface area contributed by atoms with Crippen molar-refractivity contribution < 1.29 is 9.84 Å². The average Bonchev–Trinajstić information content (AvgIpc) is 3.19. The molecule has 1 aliphatic carbocycles. The summed E-state index contributed by atoms with van der Waals surface area (Å²) in [6.07, 6.45) is 2.45. The molecule has 2 N–H and O–H groups in total. The highest BCUT2D eigenvalue weighted by Crippen LogP contribution is 2.33. The molecule has 1 atom stereocenters. The molecule has 1 aromatic carbocycles. The summed E-state index contributed by atoms with van der Waals surface area (Å²) in [6, 6.07) is 4.90. The molecular weight excluding hydrogens is 238 g/mol. The maximum Gasteiger partial charge on any atom is 0.122 e. The van der Waals surface area contributed by atoms with Gasteiger partial charge in [-0.3, -0.25) is 0 Å². The van der Waals surface area contributed by atoms with Crippen molar-refractivity contribution >= 4 is 0 Å². The highest BCUT2D eigenvalue weighted by atomic mass is 16.5. The van der Waals surface area contributed by atoms with Crippen molar-refractivity contribution in [3.63, 3.8) is 0 Å². The van der Waals surface area contributed by atoms with Crippen LogP contribution in [0.2, 0.25) is 0 Å². The second-order valence-electron chi connectivity index (χ2n) is 5.78. The Hall–Kier alpha value is -1.06. The average molecular weight is 263 g/mol. The van der Waals surface area contributed by atoms with E-state index in [0.29, 0.717) is 12.0 Å². The number of hydrogen-bond donors (Lipinski definition) is 2. The fourth-order valence-electron chi connectivity index (χ4n) is 2.49. The minimum absolute atomic E-state index is 0.0379. The number of methoxy groups -OCH3 is 1. The molecule has 1 saturated carbocycles. The van der Waals surface area contributed by atoms with E-state index >= 15 is 0 Å². The normalized spacial score (nSPS) is 16.7. The first-order valence-corrected chi connectivity index (χ1v) is 7.12. The molecule has 0 saturated heterocycles. The van der Waals surface area contributed by atoms with Crippen molar-refractivity contribution in [1.82, 2.24) is 5.32 Å². The lowest BCUT2D eigenvalue weighted by molar-refractivity contribution is 0.243. The Balaban J connectivity index is 2.34. The molecule has 1 aromatic rings. The Bertz CT molecular complexity index is 439. The number of aliphatic hydroxyl groups is 1. The first kappa shape index (κ1) is 14.4. The SMILES string of the molecule is COc1cc(C)c(C(CO)NC2CC2)cc1C(C)C. The fraction of sp³-hybridized carbons (Fsp3) is 0.625. The Morgan fingerprint density at radius 3 is 2.47 bits per heavy atom. The van der Waals surface area contributed by atoms with Crippen LogP contribution < -0.4 is 10.1 Å². The number of ether oxygens (including phenoxy) is 1. The van der Waals surface area contributed by atoms with Crippen molar-refractivity contribution in [1.29, 1.82) is 0 Å². The van der Waals surface area contributed by atoms with Gasteiger partial charge in [0.2, 0.25) is 0 Å². The summed E-state index contributed by atoms with van der Waals surface area (Å²) in [5, 5.41) is 13.2. The summed E-state index contributed by atoms with van der Waals surface area (Å²) in [7, 11) is 1.71. The van der Waals surface area contributed by atoms with Crippen molar-refractivity contribution in [3.8, 4) is 5.75 Å². The first-order chi connectivity index (χ1) is 9.06. The molecule has 3 heteroatoms. The van der Waals surface area contributed by atoms with Crippen molar-refractivity contribution in [2.75, 3.05) is 13.7 Å². The van der Waals surface area contributed by atoms with Gasteiger partial charge in [-0.05, 0) is 54.5 Å². The maximum atomic E-state index is 9.64. The Labute approximate surface area is 116 Å². The summed E-state index contributed by atoms with van der Waals surface area (Å²) in [5.74, 6) is 1.36. The predicted molar refractivity (Wildman–Crippen MR) is 77.8 cm³/mol. The summed E-state index contributed by atoms with van der Waals surface area (Å²) < 4.78 is 5.47. The van der Waals surface area contributed by atoms with Crippen LogP contribution in [0.15, 0.2) is 12.1 Å². The minimum Gasteiger partial charge on any atom is -0.496 e. The topological polar surface area (TPSA) is 41.5 Å². The Morgan fingerprint density at radius 1 is 1.32 bits per heavy atom. The highest BCUT2D eigenvalue weighted by molar-refractivity contribution is 5.45.